The summed E-state index contributed by atoms with van der Waals surface area (Å²) in [5.41, 5.74) is 5.77. The number of hydrogen-bond donors (Lipinski definition) is 6. The molecule has 0 fully saturated rings. The van der Waals surface area contributed by atoms with Crippen LogP contribution in [0, 0.1) is 11.8 Å². The molecule has 3 amide bonds. The van der Waals surface area contributed by atoms with Gasteiger partial charge in [-0.1, -0.05) is 27.7 Å². The Hall–Kier alpha value is -2.20. The van der Waals surface area contributed by atoms with E-state index in [-0.39, 0.29) is 11.8 Å². The summed E-state index contributed by atoms with van der Waals surface area (Å²) >= 11 is 0. The molecule has 0 bridgehead atoms. The second-order valence-electron chi connectivity index (χ2n) is 6.84. The lowest BCUT2D eigenvalue weighted by Gasteiger charge is -2.27. The topological polar surface area (TPSA) is 171 Å². The first kappa shape index (κ1) is 23.8. The number of nitrogens with one attached hydrogen (secondary N) is 3. The van der Waals surface area contributed by atoms with Gasteiger partial charge in [0.2, 0.25) is 17.7 Å². The fourth-order valence-corrected chi connectivity index (χ4v) is 2.01. The first-order valence-electron chi connectivity index (χ1n) is 8.42. The number of carboxylic acids is 1. The summed E-state index contributed by atoms with van der Waals surface area (Å²) in [5.74, 6) is -3.72. The molecule has 0 spiro atoms. The van der Waals surface area contributed by atoms with Crippen molar-refractivity contribution >= 4 is 23.7 Å². The van der Waals surface area contributed by atoms with Crippen molar-refractivity contribution < 1.29 is 29.4 Å². The Morgan fingerprint density at radius 1 is 0.846 bits per heavy atom. The lowest BCUT2D eigenvalue weighted by Crippen LogP contribution is -2.60. The van der Waals surface area contributed by atoms with E-state index in [2.05, 4.69) is 16.0 Å². The normalized spacial score (nSPS) is 15.7. The van der Waals surface area contributed by atoms with Gasteiger partial charge in [-0.2, -0.15) is 0 Å². The van der Waals surface area contributed by atoms with Gasteiger partial charge >= 0.3 is 5.97 Å². The van der Waals surface area contributed by atoms with E-state index < -0.39 is 54.5 Å². The Kier molecular flexibility index (Phi) is 9.81. The predicted molar refractivity (Wildman–Crippen MR) is 93.8 cm³/mol. The number of carboxylic acid groups (broad SMARTS) is 1. The first-order chi connectivity index (χ1) is 11.9. The molecule has 0 aromatic carbocycles. The predicted octanol–water partition coefficient (Wildman–Crippen LogP) is -1.82. The van der Waals surface area contributed by atoms with E-state index in [4.69, 9.17) is 10.8 Å². The van der Waals surface area contributed by atoms with Crippen molar-refractivity contribution in [2.24, 2.45) is 17.6 Å². The SMILES string of the molecule is CC(C)C(N)C(=O)NC(C(=O)NC(C(=O)NCC(=O)O)C(C)O)C(C)C. The van der Waals surface area contributed by atoms with Crippen LogP contribution in [-0.2, 0) is 19.2 Å². The second kappa shape index (κ2) is 10.7. The van der Waals surface area contributed by atoms with Gasteiger partial charge in [-0.05, 0) is 18.8 Å². The van der Waals surface area contributed by atoms with E-state index in [0.717, 1.165) is 0 Å². The Bertz CT molecular complexity index is 521. The molecule has 0 aromatic rings. The van der Waals surface area contributed by atoms with Crippen molar-refractivity contribution in [1.29, 1.82) is 0 Å². The summed E-state index contributed by atoms with van der Waals surface area (Å²) in [6, 6.07) is -3.13. The Labute approximate surface area is 152 Å². The van der Waals surface area contributed by atoms with Crippen LogP contribution in [0.2, 0.25) is 0 Å². The number of aliphatic hydroxyl groups excluding tert-OH is 1. The Morgan fingerprint density at radius 3 is 1.73 bits per heavy atom. The summed E-state index contributed by atoms with van der Waals surface area (Å²) in [5, 5.41) is 25.3. The number of aliphatic carboxylic acids is 1. The number of amides is 3. The van der Waals surface area contributed by atoms with Crippen LogP contribution in [-0.4, -0.2) is 64.7 Å². The van der Waals surface area contributed by atoms with Crippen LogP contribution < -0.4 is 21.7 Å². The molecular weight excluding hydrogens is 344 g/mol. The summed E-state index contributed by atoms with van der Waals surface area (Å²) in [6.07, 6.45) is -1.27. The zero-order valence-corrected chi connectivity index (χ0v) is 15.8. The molecule has 0 aliphatic rings. The molecule has 0 aliphatic heterocycles. The third-order valence-corrected chi connectivity index (χ3v) is 3.74. The minimum atomic E-state index is -1.36. The highest BCUT2D eigenvalue weighted by molar-refractivity contribution is 5.94. The Balaban J connectivity index is 5.12. The maximum absolute atomic E-state index is 12.5. The lowest BCUT2D eigenvalue weighted by atomic mass is 9.99. The first-order valence-corrected chi connectivity index (χ1v) is 8.42. The van der Waals surface area contributed by atoms with Crippen molar-refractivity contribution in [3.63, 3.8) is 0 Å². The molecule has 0 aromatic heterocycles. The molecule has 10 heteroatoms. The number of aliphatic hydroxyl groups is 1. The van der Waals surface area contributed by atoms with Crippen LogP contribution in [0.1, 0.15) is 34.6 Å². The van der Waals surface area contributed by atoms with E-state index in [1.165, 1.54) is 6.92 Å². The van der Waals surface area contributed by atoms with Gasteiger partial charge in [0.15, 0.2) is 0 Å². The molecule has 4 atom stereocenters. The minimum absolute atomic E-state index is 0.127. The summed E-state index contributed by atoms with van der Waals surface area (Å²) < 4.78 is 0. The van der Waals surface area contributed by atoms with E-state index >= 15 is 0 Å². The van der Waals surface area contributed by atoms with Gasteiger partial charge in [0.05, 0.1) is 12.1 Å². The standard InChI is InChI=1S/C16H30N4O6/c1-7(2)11(17)14(24)19-12(8(3)4)16(26)20-13(9(5)21)15(25)18-6-10(22)23/h7-9,11-13,21H,6,17H2,1-5H3,(H,18,25)(H,19,24)(H,20,26)(H,22,23). The van der Waals surface area contributed by atoms with Gasteiger partial charge in [0.25, 0.3) is 0 Å². The van der Waals surface area contributed by atoms with Gasteiger partial charge in [-0.15, -0.1) is 0 Å². The van der Waals surface area contributed by atoms with Crippen molar-refractivity contribution in [3.8, 4) is 0 Å². The number of carbonyl (C=O) groups is 4. The molecule has 4 unspecified atom stereocenters. The highest BCUT2D eigenvalue weighted by atomic mass is 16.4. The third-order valence-electron chi connectivity index (χ3n) is 3.74. The molecule has 0 rings (SSSR count). The van der Waals surface area contributed by atoms with Crippen LogP contribution in [0.4, 0.5) is 0 Å². The number of nitrogens with two attached hydrogens (primary N) is 1. The number of carbonyl (C=O) groups excluding carboxylic acids is 3. The molecular formula is C16H30N4O6. The van der Waals surface area contributed by atoms with Crippen molar-refractivity contribution in [1.82, 2.24) is 16.0 Å². The zero-order valence-electron chi connectivity index (χ0n) is 15.8. The number of hydrogen-bond acceptors (Lipinski definition) is 6. The molecule has 150 valence electrons. The monoisotopic (exact) mass is 374 g/mol. The fourth-order valence-electron chi connectivity index (χ4n) is 2.01. The van der Waals surface area contributed by atoms with Crippen molar-refractivity contribution in [2.75, 3.05) is 6.54 Å². The zero-order chi connectivity index (χ0) is 20.6. The summed E-state index contributed by atoms with van der Waals surface area (Å²) in [6.45, 7) is 7.57. The second-order valence-corrected chi connectivity index (χ2v) is 6.84. The van der Waals surface area contributed by atoms with E-state index in [0.29, 0.717) is 0 Å². The van der Waals surface area contributed by atoms with Gasteiger partial charge < -0.3 is 31.9 Å². The highest BCUT2D eigenvalue weighted by Crippen LogP contribution is 2.06. The lowest BCUT2D eigenvalue weighted by molar-refractivity contribution is -0.139. The van der Waals surface area contributed by atoms with Gasteiger partial charge in [0.1, 0.15) is 18.6 Å². The molecule has 0 radical (unpaired) electrons. The van der Waals surface area contributed by atoms with Crippen LogP contribution in [0.5, 0.6) is 0 Å². The van der Waals surface area contributed by atoms with Crippen LogP contribution in [0.25, 0.3) is 0 Å². The molecule has 10 nitrogen and oxygen atoms in total. The van der Waals surface area contributed by atoms with E-state index in [1.807, 2.05) is 0 Å². The third kappa shape index (κ3) is 7.79. The van der Waals surface area contributed by atoms with E-state index in [9.17, 15) is 24.3 Å². The molecule has 7 N–H and O–H groups in total. The van der Waals surface area contributed by atoms with Crippen molar-refractivity contribution in [2.45, 2.75) is 58.8 Å². The largest absolute Gasteiger partial charge is 0.480 e. The van der Waals surface area contributed by atoms with Gasteiger partial charge in [-0.25, -0.2) is 0 Å². The van der Waals surface area contributed by atoms with Crippen LogP contribution >= 0.6 is 0 Å². The molecule has 0 heterocycles. The quantitative estimate of drug-likeness (QED) is 0.261. The van der Waals surface area contributed by atoms with Crippen LogP contribution in [0.3, 0.4) is 0 Å². The number of rotatable bonds is 10. The minimum Gasteiger partial charge on any atom is -0.480 e. The molecule has 0 saturated heterocycles. The Morgan fingerprint density at radius 2 is 1.35 bits per heavy atom. The maximum atomic E-state index is 12.5. The summed E-state index contributed by atoms with van der Waals surface area (Å²) in [4.78, 5) is 47.1. The van der Waals surface area contributed by atoms with Gasteiger partial charge in [0, 0.05) is 0 Å². The van der Waals surface area contributed by atoms with Gasteiger partial charge in [-0.3, -0.25) is 19.2 Å². The highest BCUT2D eigenvalue weighted by Gasteiger charge is 2.32. The molecule has 0 aliphatic carbocycles. The molecule has 0 saturated carbocycles. The smallest absolute Gasteiger partial charge is 0.322 e. The fraction of sp³-hybridized carbons (Fsp3) is 0.750. The van der Waals surface area contributed by atoms with E-state index in [1.54, 1.807) is 27.7 Å². The average molecular weight is 374 g/mol. The average Bonchev–Trinajstić information content (AvgIpc) is 2.53. The van der Waals surface area contributed by atoms with Crippen molar-refractivity contribution in [3.05, 3.63) is 0 Å². The van der Waals surface area contributed by atoms with Crippen LogP contribution in [0.15, 0.2) is 0 Å². The maximum Gasteiger partial charge on any atom is 0.322 e. The summed E-state index contributed by atoms with van der Waals surface area (Å²) in [7, 11) is 0. The molecule has 26 heavy (non-hydrogen) atoms.